The van der Waals surface area contributed by atoms with E-state index < -0.39 is 10.0 Å². The van der Waals surface area contributed by atoms with Crippen LogP contribution < -0.4 is 5.73 Å². The molecule has 0 amide bonds. The Morgan fingerprint density at radius 3 is 2.20 bits per heavy atom. The van der Waals surface area contributed by atoms with E-state index in [1.165, 1.54) is 4.31 Å². The highest BCUT2D eigenvalue weighted by atomic mass is 32.2. The van der Waals surface area contributed by atoms with Crippen molar-refractivity contribution in [3.05, 3.63) is 23.3 Å². The summed E-state index contributed by atoms with van der Waals surface area (Å²) in [5.74, 6) is 0. The minimum Gasteiger partial charge on any atom is -0.399 e. The molecule has 0 aliphatic heterocycles. The molecule has 0 aliphatic rings. The Bertz CT molecular complexity index is 545. The molecule has 0 spiro atoms. The average Bonchev–Trinajstić information content (AvgIpc) is 2.26. The lowest BCUT2D eigenvalue weighted by molar-refractivity contribution is 0.0737. The minimum absolute atomic E-state index is 0.0890. The van der Waals surface area contributed by atoms with Crippen molar-refractivity contribution >= 4 is 15.7 Å². The van der Waals surface area contributed by atoms with E-state index >= 15 is 0 Å². The van der Waals surface area contributed by atoms with Gasteiger partial charge < -0.3 is 10.5 Å². The molecule has 0 atom stereocenters. The lowest BCUT2D eigenvalue weighted by atomic mass is 10.1. The summed E-state index contributed by atoms with van der Waals surface area (Å²) < 4.78 is 31.9. The van der Waals surface area contributed by atoms with Crippen LogP contribution in [0.15, 0.2) is 17.0 Å². The van der Waals surface area contributed by atoms with E-state index in [2.05, 4.69) is 0 Å². The maximum absolute atomic E-state index is 12.6. The molecule has 0 unspecified atom stereocenters. The van der Waals surface area contributed by atoms with Crippen LogP contribution in [0.5, 0.6) is 0 Å². The molecule has 1 aromatic rings. The SMILES string of the molecule is Cc1cc(N)cc(C)c1S(=O)(=O)N(C)CCOC(C)C. The Kier molecular flexibility index (Phi) is 5.56. The summed E-state index contributed by atoms with van der Waals surface area (Å²) in [7, 11) is -1.95. The van der Waals surface area contributed by atoms with Crippen LogP contribution in [0, 0.1) is 13.8 Å². The van der Waals surface area contributed by atoms with Gasteiger partial charge >= 0.3 is 0 Å². The minimum atomic E-state index is -3.52. The van der Waals surface area contributed by atoms with Gasteiger partial charge in [-0.25, -0.2) is 8.42 Å². The van der Waals surface area contributed by atoms with E-state index in [9.17, 15) is 8.42 Å². The number of nitrogens with zero attached hydrogens (tertiary/aromatic N) is 1. The monoisotopic (exact) mass is 300 g/mol. The molecule has 20 heavy (non-hydrogen) atoms. The molecule has 0 saturated carbocycles. The third-order valence-corrected chi connectivity index (χ3v) is 5.17. The molecule has 5 nitrogen and oxygen atoms in total. The van der Waals surface area contributed by atoms with Gasteiger partial charge in [0.05, 0.1) is 17.6 Å². The van der Waals surface area contributed by atoms with Crippen molar-refractivity contribution in [1.82, 2.24) is 4.31 Å². The predicted octanol–water partition coefficient (Wildman–Crippen LogP) is 1.93. The van der Waals surface area contributed by atoms with E-state index in [1.54, 1.807) is 33.0 Å². The second-order valence-corrected chi connectivity index (χ2v) is 7.21. The van der Waals surface area contributed by atoms with Crippen molar-refractivity contribution in [2.24, 2.45) is 0 Å². The fraction of sp³-hybridized carbons (Fsp3) is 0.571. The number of nitrogens with two attached hydrogens (primary N) is 1. The Balaban J connectivity index is 2.99. The number of anilines is 1. The van der Waals surface area contributed by atoms with Crippen molar-refractivity contribution in [3.8, 4) is 0 Å². The lowest BCUT2D eigenvalue weighted by Gasteiger charge is -2.21. The molecule has 1 aromatic carbocycles. The molecule has 0 bridgehead atoms. The number of aryl methyl sites for hydroxylation is 2. The number of sulfonamides is 1. The number of hydrogen-bond donors (Lipinski definition) is 1. The third kappa shape index (κ3) is 3.94. The highest BCUT2D eigenvalue weighted by Crippen LogP contribution is 2.25. The predicted molar refractivity (Wildman–Crippen MR) is 81.2 cm³/mol. The molecule has 0 saturated heterocycles. The smallest absolute Gasteiger partial charge is 0.243 e. The van der Waals surface area contributed by atoms with Gasteiger partial charge in [-0.1, -0.05) is 0 Å². The Morgan fingerprint density at radius 1 is 1.25 bits per heavy atom. The van der Waals surface area contributed by atoms with Crippen LogP contribution in [0.25, 0.3) is 0 Å². The number of likely N-dealkylation sites (N-methyl/N-ethyl adjacent to an activating group) is 1. The molecule has 0 radical (unpaired) electrons. The molecule has 0 fully saturated rings. The molecule has 1 rings (SSSR count). The summed E-state index contributed by atoms with van der Waals surface area (Å²) in [5.41, 5.74) is 7.64. The molecule has 0 aromatic heterocycles. The number of rotatable bonds is 6. The van der Waals surface area contributed by atoms with Gasteiger partial charge in [0.25, 0.3) is 0 Å². The number of nitrogen functional groups attached to an aromatic ring is 1. The fourth-order valence-corrected chi connectivity index (χ4v) is 3.64. The quantitative estimate of drug-likeness (QED) is 0.815. The normalized spacial score (nSPS) is 12.3. The van der Waals surface area contributed by atoms with Gasteiger partial charge in [0.15, 0.2) is 0 Å². The molecular weight excluding hydrogens is 276 g/mol. The first-order valence-corrected chi connectivity index (χ1v) is 8.05. The van der Waals surface area contributed by atoms with Crippen LogP contribution in [-0.2, 0) is 14.8 Å². The topological polar surface area (TPSA) is 72.6 Å². The summed E-state index contributed by atoms with van der Waals surface area (Å²) in [6.07, 6.45) is 0.0890. The average molecular weight is 300 g/mol. The van der Waals surface area contributed by atoms with Gasteiger partial charge in [0.2, 0.25) is 10.0 Å². The summed E-state index contributed by atoms with van der Waals surface area (Å²) in [4.78, 5) is 0.332. The molecule has 114 valence electrons. The first-order chi connectivity index (χ1) is 9.16. The zero-order valence-corrected chi connectivity index (χ0v) is 13.6. The van der Waals surface area contributed by atoms with E-state index in [0.29, 0.717) is 34.9 Å². The third-order valence-electron chi connectivity index (χ3n) is 3.01. The number of hydrogen-bond acceptors (Lipinski definition) is 4. The fourth-order valence-electron chi connectivity index (χ4n) is 2.08. The summed E-state index contributed by atoms with van der Waals surface area (Å²) >= 11 is 0. The van der Waals surface area contributed by atoms with Crippen molar-refractivity contribution in [3.63, 3.8) is 0 Å². The number of ether oxygens (including phenoxy) is 1. The van der Waals surface area contributed by atoms with Gasteiger partial charge in [0, 0.05) is 19.3 Å². The van der Waals surface area contributed by atoms with Gasteiger partial charge in [-0.3, -0.25) is 0 Å². The highest BCUT2D eigenvalue weighted by molar-refractivity contribution is 7.89. The van der Waals surface area contributed by atoms with Crippen LogP contribution in [0.2, 0.25) is 0 Å². The van der Waals surface area contributed by atoms with Gasteiger partial charge in [0.1, 0.15) is 0 Å². The molecular formula is C14H24N2O3S. The van der Waals surface area contributed by atoms with E-state index in [4.69, 9.17) is 10.5 Å². The van der Waals surface area contributed by atoms with Gasteiger partial charge in [-0.15, -0.1) is 0 Å². The molecule has 0 heterocycles. The lowest BCUT2D eigenvalue weighted by Crippen LogP contribution is -2.31. The maximum atomic E-state index is 12.6. The summed E-state index contributed by atoms with van der Waals surface area (Å²) in [5, 5.41) is 0. The van der Waals surface area contributed by atoms with Crippen LogP contribution in [-0.4, -0.2) is 39.0 Å². The first-order valence-electron chi connectivity index (χ1n) is 6.61. The second-order valence-electron chi connectivity index (χ2n) is 5.23. The summed E-state index contributed by atoms with van der Waals surface area (Å²) in [6.45, 7) is 8.05. The highest BCUT2D eigenvalue weighted by Gasteiger charge is 2.24. The largest absolute Gasteiger partial charge is 0.399 e. The Morgan fingerprint density at radius 2 is 1.75 bits per heavy atom. The van der Waals surface area contributed by atoms with Gasteiger partial charge in [-0.2, -0.15) is 4.31 Å². The molecule has 0 aliphatic carbocycles. The van der Waals surface area contributed by atoms with Crippen LogP contribution in [0.3, 0.4) is 0 Å². The molecule has 6 heteroatoms. The molecule has 2 N–H and O–H groups in total. The summed E-state index contributed by atoms with van der Waals surface area (Å²) in [6, 6.07) is 3.36. The van der Waals surface area contributed by atoms with Crippen LogP contribution >= 0.6 is 0 Å². The van der Waals surface area contributed by atoms with Crippen molar-refractivity contribution in [1.29, 1.82) is 0 Å². The van der Waals surface area contributed by atoms with Crippen molar-refractivity contribution in [2.75, 3.05) is 25.9 Å². The van der Waals surface area contributed by atoms with Crippen molar-refractivity contribution < 1.29 is 13.2 Å². The Hall–Kier alpha value is -1.11. The second kappa shape index (κ2) is 6.56. The van der Waals surface area contributed by atoms with E-state index in [0.717, 1.165) is 0 Å². The van der Waals surface area contributed by atoms with Crippen LogP contribution in [0.1, 0.15) is 25.0 Å². The zero-order valence-electron chi connectivity index (χ0n) is 12.8. The number of benzene rings is 1. The first kappa shape index (κ1) is 16.9. The maximum Gasteiger partial charge on any atom is 0.243 e. The van der Waals surface area contributed by atoms with E-state index in [-0.39, 0.29) is 6.10 Å². The van der Waals surface area contributed by atoms with Crippen molar-refractivity contribution in [2.45, 2.75) is 38.7 Å². The van der Waals surface area contributed by atoms with E-state index in [1.807, 2.05) is 13.8 Å². The Labute approximate surface area is 121 Å². The zero-order chi connectivity index (χ0) is 15.5. The van der Waals surface area contributed by atoms with Crippen LogP contribution in [0.4, 0.5) is 5.69 Å². The van der Waals surface area contributed by atoms with Gasteiger partial charge in [-0.05, 0) is 51.0 Å². The standard InChI is InChI=1S/C14H24N2O3S/c1-10(2)19-7-6-16(5)20(17,18)14-11(3)8-13(15)9-12(14)4/h8-10H,6-7,15H2,1-5H3.